The van der Waals surface area contributed by atoms with Crippen LogP contribution in [0.2, 0.25) is 0 Å². The van der Waals surface area contributed by atoms with Gasteiger partial charge in [-0.1, -0.05) is 43.7 Å². The van der Waals surface area contributed by atoms with Crippen LogP contribution in [0.15, 0.2) is 60.4 Å². The molecule has 134 valence electrons. The summed E-state index contributed by atoms with van der Waals surface area (Å²) in [4.78, 5) is 0. The summed E-state index contributed by atoms with van der Waals surface area (Å²) >= 11 is 0. The molecule has 2 aromatic carbocycles. The quantitative estimate of drug-likeness (QED) is 0.567. The molecule has 0 fully saturated rings. The lowest BCUT2D eigenvalue weighted by Gasteiger charge is -2.18. The van der Waals surface area contributed by atoms with Crippen LogP contribution in [0.5, 0.6) is 0 Å². The number of nitrogens with zero attached hydrogens (tertiary/aromatic N) is 1. The highest BCUT2D eigenvalue weighted by Crippen LogP contribution is 2.37. The Kier molecular flexibility index (Phi) is 6.09. The molecule has 0 bridgehead atoms. The van der Waals surface area contributed by atoms with E-state index in [0.717, 1.165) is 25.3 Å². The molecule has 2 aromatic rings. The monoisotopic (exact) mass is 349 g/mol. The first kappa shape index (κ1) is 18.9. The zero-order valence-corrected chi connectivity index (χ0v) is 14.1. The van der Waals surface area contributed by atoms with Gasteiger partial charge in [-0.3, -0.25) is 5.01 Å². The molecule has 0 radical (unpaired) electrons. The number of benzene rings is 2. The number of hydrazine groups is 1. The zero-order chi connectivity index (χ0) is 18.4. The van der Waals surface area contributed by atoms with Crippen molar-refractivity contribution in [1.29, 1.82) is 0 Å². The summed E-state index contributed by atoms with van der Waals surface area (Å²) in [5, 5.41) is 1.34. The van der Waals surface area contributed by atoms with Gasteiger partial charge in [-0.2, -0.15) is 13.2 Å². The van der Waals surface area contributed by atoms with E-state index in [1.165, 1.54) is 17.1 Å². The molecular weight excluding hydrogens is 327 g/mol. The van der Waals surface area contributed by atoms with Crippen molar-refractivity contribution in [2.24, 2.45) is 11.6 Å². The highest BCUT2D eigenvalue weighted by molar-refractivity contribution is 5.72. The SMILES string of the molecule is CCCC/C(N)=C/N(N)c1cccc(-c2ccccc2C(F)(F)F)c1. The fourth-order valence-corrected chi connectivity index (χ4v) is 2.51. The van der Waals surface area contributed by atoms with Crippen LogP contribution in [0, 0.1) is 0 Å². The molecule has 0 aliphatic carbocycles. The summed E-state index contributed by atoms with van der Waals surface area (Å²) in [5.74, 6) is 5.99. The predicted molar refractivity (Wildman–Crippen MR) is 95.3 cm³/mol. The van der Waals surface area contributed by atoms with Crippen molar-refractivity contribution in [3.63, 3.8) is 0 Å². The molecule has 0 aliphatic rings. The zero-order valence-electron chi connectivity index (χ0n) is 14.1. The van der Waals surface area contributed by atoms with E-state index in [0.29, 0.717) is 16.9 Å². The van der Waals surface area contributed by atoms with Gasteiger partial charge < -0.3 is 5.73 Å². The van der Waals surface area contributed by atoms with Gasteiger partial charge in [0.25, 0.3) is 0 Å². The van der Waals surface area contributed by atoms with E-state index >= 15 is 0 Å². The van der Waals surface area contributed by atoms with Crippen LogP contribution < -0.4 is 16.6 Å². The number of halogens is 3. The van der Waals surface area contributed by atoms with E-state index in [-0.39, 0.29) is 5.56 Å². The highest BCUT2D eigenvalue weighted by atomic mass is 19.4. The largest absolute Gasteiger partial charge is 0.417 e. The number of hydrogen-bond donors (Lipinski definition) is 2. The summed E-state index contributed by atoms with van der Waals surface area (Å²) in [6.07, 6.45) is -0.122. The van der Waals surface area contributed by atoms with Crippen molar-refractivity contribution in [1.82, 2.24) is 0 Å². The molecule has 4 N–H and O–H groups in total. The maximum atomic E-state index is 13.2. The molecular formula is C19H22F3N3. The molecule has 0 saturated heterocycles. The molecule has 0 spiro atoms. The third-order valence-electron chi connectivity index (χ3n) is 3.81. The maximum Gasteiger partial charge on any atom is 0.417 e. The molecule has 0 amide bonds. The molecule has 6 heteroatoms. The number of alkyl halides is 3. The highest BCUT2D eigenvalue weighted by Gasteiger charge is 2.33. The van der Waals surface area contributed by atoms with E-state index in [2.05, 4.69) is 6.92 Å². The number of rotatable bonds is 6. The lowest BCUT2D eigenvalue weighted by molar-refractivity contribution is -0.137. The molecule has 25 heavy (non-hydrogen) atoms. The Bertz CT molecular complexity index is 739. The van der Waals surface area contributed by atoms with Gasteiger partial charge in [0.05, 0.1) is 11.3 Å². The van der Waals surface area contributed by atoms with Crippen LogP contribution >= 0.6 is 0 Å². The van der Waals surface area contributed by atoms with Crippen LogP contribution in [0.1, 0.15) is 31.7 Å². The molecule has 2 rings (SSSR count). The topological polar surface area (TPSA) is 55.3 Å². The number of allylic oxidation sites excluding steroid dienone is 1. The van der Waals surface area contributed by atoms with Crippen molar-refractivity contribution in [3.05, 3.63) is 66.0 Å². The van der Waals surface area contributed by atoms with Crippen molar-refractivity contribution in [3.8, 4) is 11.1 Å². The van der Waals surface area contributed by atoms with Gasteiger partial charge in [-0.25, -0.2) is 5.84 Å². The molecule has 0 aromatic heterocycles. The van der Waals surface area contributed by atoms with Crippen LogP contribution in [-0.4, -0.2) is 0 Å². The summed E-state index contributed by atoms with van der Waals surface area (Å²) < 4.78 is 39.7. The minimum atomic E-state index is -4.42. The van der Waals surface area contributed by atoms with Crippen LogP contribution in [-0.2, 0) is 6.18 Å². The molecule has 3 nitrogen and oxygen atoms in total. The fraction of sp³-hybridized carbons (Fsp3) is 0.263. The van der Waals surface area contributed by atoms with E-state index in [4.69, 9.17) is 11.6 Å². The average molecular weight is 349 g/mol. The van der Waals surface area contributed by atoms with E-state index in [9.17, 15) is 13.2 Å². The lowest BCUT2D eigenvalue weighted by Crippen LogP contribution is -2.26. The van der Waals surface area contributed by atoms with E-state index in [1.54, 1.807) is 36.5 Å². The van der Waals surface area contributed by atoms with E-state index in [1.807, 2.05) is 0 Å². The van der Waals surface area contributed by atoms with Gasteiger partial charge >= 0.3 is 6.18 Å². The van der Waals surface area contributed by atoms with Gasteiger partial charge in [0, 0.05) is 11.9 Å². The minimum Gasteiger partial charge on any atom is -0.401 e. The van der Waals surface area contributed by atoms with Crippen LogP contribution in [0.25, 0.3) is 11.1 Å². The Morgan fingerprint density at radius 1 is 1.12 bits per heavy atom. The Morgan fingerprint density at radius 2 is 1.84 bits per heavy atom. The fourth-order valence-electron chi connectivity index (χ4n) is 2.51. The normalized spacial score (nSPS) is 12.3. The number of unbranched alkanes of at least 4 members (excludes halogenated alkanes) is 1. The molecule has 0 heterocycles. The first-order valence-corrected chi connectivity index (χ1v) is 8.09. The van der Waals surface area contributed by atoms with Crippen LogP contribution in [0.3, 0.4) is 0 Å². The van der Waals surface area contributed by atoms with Gasteiger partial charge in [0.1, 0.15) is 0 Å². The molecule has 0 atom stereocenters. The predicted octanol–water partition coefficient (Wildman–Crippen LogP) is 5.04. The summed E-state index contributed by atoms with van der Waals surface area (Å²) in [6, 6.07) is 12.1. The van der Waals surface area contributed by atoms with Gasteiger partial charge in [-0.05, 0) is 42.2 Å². The minimum absolute atomic E-state index is 0.119. The second kappa shape index (κ2) is 8.07. The Labute approximate surface area is 145 Å². The second-order valence-corrected chi connectivity index (χ2v) is 5.81. The summed E-state index contributed by atoms with van der Waals surface area (Å²) in [7, 11) is 0. The summed E-state index contributed by atoms with van der Waals surface area (Å²) in [5.41, 5.74) is 7.00. The van der Waals surface area contributed by atoms with Gasteiger partial charge in [0.15, 0.2) is 0 Å². The first-order valence-electron chi connectivity index (χ1n) is 8.09. The van der Waals surface area contributed by atoms with Crippen molar-refractivity contribution in [2.75, 3.05) is 5.01 Å². The second-order valence-electron chi connectivity index (χ2n) is 5.81. The van der Waals surface area contributed by atoms with Crippen molar-refractivity contribution in [2.45, 2.75) is 32.4 Å². The molecule has 0 saturated carbocycles. The van der Waals surface area contributed by atoms with Crippen LogP contribution in [0.4, 0.5) is 18.9 Å². The Morgan fingerprint density at radius 3 is 2.52 bits per heavy atom. The van der Waals surface area contributed by atoms with Gasteiger partial charge in [-0.15, -0.1) is 0 Å². The Hall–Kier alpha value is -2.47. The lowest BCUT2D eigenvalue weighted by atomic mass is 9.99. The smallest absolute Gasteiger partial charge is 0.401 e. The summed E-state index contributed by atoms with van der Waals surface area (Å²) in [6.45, 7) is 2.06. The third kappa shape index (κ3) is 5.00. The molecule has 0 unspecified atom stereocenters. The standard InChI is InChI=1S/C19H22F3N3/c1-2-3-8-15(23)13-25(24)16-9-6-7-14(12-16)17-10-4-5-11-18(17)19(20,21)22/h4-7,9-13H,2-3,8,23-24H2,1H3/b15-13-. The van der Waals surface area contributed by atoms with Crippen molar-refractivity contribution < 1.29 is 13.2 Å². The third-order valence-corrected chi connectivity index (χ3v) is 3.81. The van der Waals surface area contributed by atoms with E-state index < -0.39 is 11.7 Å². The molecule has 0 aliphatic heterocycles. The number of nitrogens with two attached hydrogens (primary N) is 2. The first-order chi connectivity index (χ1) is 11.8. The number of anilines is 1. The Balaban J connectivity index is 2.34. The van der Waals surface area contributed by atoms with Gasteiger partial charge in [0.2, 0.25) is 0 Å². The maximum absolute atomic E-state index is 13.2. The number of hydrogen-bond acceptors (Lipinski definition) is 3. The average Bonchev–Trinajstić information content (AvgIpc) is 2.59. The van der Waals surface area contributed by atoms with Crippen molar-refractivity contribution >= 4 is 5.69 Å².